The van der Waals surface area contributed by atoms with Gasteiger partial charge in [-0.15, -0.1) is 0 Å². The quantitative estimate of drug-likeness (QED) is 0.817. The molecule has 3 rings (SSSR count). The number of hydrogen-bond acceptors (Lipinski definition) is 4. The van der Waals surface area contributed by atoms with Crippen LogP contribution in [-0.2, 0) is 17.9 Å². The Labute approximate surface area is 161 Å². The van der Waals surface area contributed by atoms with E-state index in [1.54, 1.807) is 7.11 Å². The van der Waals surface area contributed by atoms with Gasteiger partial charge in [-0.05, 0) is 30.2 Å². The fraction of sp³-hybridized carbons (Fsp3) is 0.409. The number of hydrogen-bond donors (Lipinski definition) is 1. The minimum atomic E-state index is -0.109. The van der Waals surface area contributed by atoms with E-state index in [1.807, 2.05) is 37.3 Å². The van der Waals surface area contributed by atoms with Crippen LogP contribution in [0.4, 0.5) is 0 Å². The van der Waals surface area contributed by atoms with Gasteiger partial charge in [0.15, 0.2) is 0 Å². The number of amides is 1. The van der Waals surface area contributed by atoms with E-state index in [-0.39, 0.29) is 11.9 Å². The Bertz CT molecular complexity index is 710. The van der Waals surface area contributed by atoms with Crippen LogP contribution in [-0.4, -0.2) is 55.0 Å². The van der Waals surface area contributed by atoms with Crippen molar-refractivity contribution in [1.29, 1.82) is 0 Å². The van der Waals surface area contributed by atoms with Crippen LogP contribution in [0.15, 0.2) is 54.6 Å². The van der Waals surface area contributed by atoms with Gasteiger partial charge in [0, 0.05) is 39.3 Å². The number of ether oxygens (including phenoxy) is 1. The first-order valence-electron chi connectivity index (χ1n) is 9.56. The van der Waals surface area contributed by atoms with Crippen LogP contribution in [0.2, 0.25) is 0 Å². The molecule has 2 aromatic carbocycles. The number of benzene rings is 2. The number of nitrogens with one attached hydrogen (secondary N) is 1. The predicted octanol–water partition coefficient (Wildman–Crippen LogP) is 2.52. The molecule has 5 heteroatoms. The lowest BCUT2D eigenvalue weighted by atomic mass is 10.1. The molecule has 0 spiro atoms. The Morgan fingerprint density at radius 1 is 1.00 bits per heavy atom. The highest BCUT2D eigenvalue weighted by Gasteiger charge is 2.25. The normalized spacial score (nSPS) is 16.7. The Balaban J connectivity index is 1.42. The standard InChI is InChI=1S/C22H29N3O2/c1-18(22(26)23-16-19-8-10-21(27-2)11-9-19)25-14-12-24(13-15-25)17-20-6-4-3-5-7-20/h3-11,18H,12-17H2,1-2H3,(H,23,26)/t18-/m0/s1. The van der Waals surface area contributed by atoms with Gasteiger partial charge in [-0.3, -0.25) is 14.6 Å². The van der Waals surface area contributed by atoms with Gasteiger partial charge >= 0.3 is 0 Å². The number of carbonyl (C=O) groups is 1. The van der Waals surface area contributed by atoms with Crippen molar-refractivity contribution in [3.63, 3.8) is 0 Å². The summed E-state index contributed by atoms with van der Waals surface area (Å²) < 4.78 is 5.16. The number of carbonyl (C=O) groups excluding carboxylic acids is 1. The van der Waals surface area contributed by atoms with E-state index in [0.29, 0.717) is 6.54 Å². The van der Waals surface area contributed by atoms with Crippen LogP contribution in [0.3, 0.4) is 0 Å². The van der Waals surface area contributed by atoms with E-state index in [9.17, 15) is 4.79 Å². The number of rotatable bonds is 7. The van der Waals surface area contributed by atoms with Gasteiger partial charge in [-0.1, -0.05) is 42.5 Å². The van der Waals surface area contributed by atoms with Crippen LogP contribution < -0.4 is 10.1 Å². The maximum atomic E-state index is 12.5. The molecule has 0 bridgehead atoms. The van der Waals surface area contributed by atoms with Crippen molar-refractivity contribution in [1.82, 2.24) is 15.1 Å². The van der Waals surface area contributed by atoms with Crippen LogP contribution in [0.25, 0.3) is 0 Å². The minimum absolute atomic E-state index is 0.0855. The predicted molar refractivity (Wildman–Crippen MR) is 108 cm³/mol. The van der Waals surface area contributed by atoms with Crippen LogP contribution in [0, 0.1) is 0 Å². The third-order valence-corrected chi connectivity index (χ3v) is 5.21. The molecular weight excluding hydrogens is 338 g/mol. The largest absolute Gasteiger partial charge is 0.497 e. The van der Waals surface area contributed by atoms with Crippen LogP contribution in [0.5, 0.6) is 5.75 Å². The van der Waals surface area contributed by atoms with Crippen molar-refractivity contribution < 1.29 is 9.53 Å². The van der Waals surface area contributed by atoms with E-state index in [1.165, 1.54) is 5.56 Å². The maximum absolute atomic E-state index is 12.5. The maximum Gasteiger partial charge on any atom is 0.237 e. The van der Waals surface area contributed by atoms with Gasteiger partial charge in [0.25, 0.3) is 0 Å². The van der Waals surface area contributed by atoms with E-state index in [0.717, 1.165) is 44.0 Å². The molecule has 2 aromatic rings. The van der Waals surface area contributed by atoms with Crippen molar-refractivity contribution in [2.75, 3.05) is 33.3 Å². The molecule has 1 N–H and O–H groups in total. The number of piperazine rings is 1. The molecule has 0 unspecified atom stereocenters. The van der Waals surface area contributed by atoms with Gasteiger partial charge in [-0.2, -0.15) is 0 Å². The number of methoxy groups -OCH3 is 1. The first kappa shape index (κ1) is 19.4. The molecule has 1 amide bonds. The summed E-state index contributed by atoms with van der Waals surface area (Å²) >= 11 is 0. The zero-order valence-corrected chi connectivity index (χ0v) is 16.2. The van der Waals surface area contributed by atoms with Crippen molar-refractivity contribution in [3.05, 3.63) is 65.7 Å². The van der Waals surface area contributed by atoms with Crippen LogP contribution in [0.1, 0.15) is 18.1 Å². The second-order valence-corrected chi connectivity index (χ2v) is 7.04. The summed E-state index contributed by atoms with van der Waals surface area (Å²) in [6.07, 6.45) is 0. The van der Waals surface area contributed by atoms with Gasteiger partial charge < -0.3 is 10.1 Å². The van der Waals surface area contributed by atoms with E-state index < -0.39 is 0 Å². The van der Waals surface area contributed by atoms with Crippen molar-refractivity contribution >= 4 is 5.91 Å². The summed E-state index contributed by atoms with van der Waals surface area (Å²) in [5.41, 5.74) is 2.42. The molecule has 1 atom stereocenters. The highest BCUT2D eigenvalue weighted by Crippen LogP contribution is 2.12. The Hall–Kier alpha value is -2.37. The highest BCUT2D eigenvalue weighted by molar-refractivity contribution is 5.81. The van der Waals surface area contributed by atoms with Gasteiger partial charge in [0.2, 0.25) is 5.91 Å². The molecule has 1 saturated heterocycles. The zero-order chi connectivity index (χ0) is 19.1. The van der Waals surface area contributed by atoms with E-state index in [4.69, 9.17) is 4.74 Å². The SMILES string of the molecule is COc1ccc(CNC(=O)[C@H](C)N2CCN(Cc3ccccc3)CC2)cc1. The Kier molecular flexibility index (Phi) is 6.85. The van der Waals surface area contributed by atoms with Gasteiger partial charge in [0.1, 0.15) is 5.75 Å². The topological polar surface area (TPSA) is 44.8 Å². The zero-order valence-electron chi connectivity index (χ0n) is 16.2. The lowest BCUT2D eigenvalue weighted by Crippen LogP contribution is -2.53. The first-order valence-corrected chi connectivity index (χ1v) is 9.56. The van der Waals surface area contributed by atoms with Gasteiger partial charge in [-0.25, -0.2) is 0 Å². The monoisotopic (exact) mass is 367 g/mol. The summed E-state index contributed by atoms with van der Waals surface area (Å²) in [5.74, 6) is 0.911. The molecule has 1 fully saturated rings. The molecule has 27 heavy (non-hydrogen) atoms. The summed E-state index contributed by atoms with van der Waals surface area (Å²) in [6, 6.07) is 18.2. The lowest BCUT2D eigenvalue weighted by Gasteiger charge is -2.37. The average Bonchev–Trinajstić information content (AvgIpc) is 2.73. The average molecular weight is 367 g/mol. The smallest absolute Gasteiger partial charge is 0.237 e. The second kappa shape index (κ2) is 9.53. The molecule has 5 nitrogen and oxygen atoms in total. The molecule has 0 aromatic heterocycles. The number of nitrogens with zero attached hydrogens (tertiary/aromatic N) is 2. The molecular formula is C22H29N3O2. The van der Waals surface area contributed by atoms with Crippen molar-refractivity contribution in [2.24, 2.45) is 0 Å². The molecule has 1 heterocycles. The second-order valence-electron chi connectivity index (χ2n) is 7.04. The molecule has 0 aliphatic carbocycles. The molecule has 1 aliphatic heterocycles. The van der Waals surface area contributed by atoms with Crippen molar-refractivity contribution in [2.45, 2.75) is 26.1 Å². The summed E-state index contributed by atoms with van der Waals surface area (Å²) in [7, 11) is 1.65. The summed E-state index contributed by atoms with van der Waals surface area (Å²) in [4.78, 5) is 17.2. The molecule has 144 valence electrons. The third kappa shape index (κ3) is 5.55. The Morgan fingerprint density at radius 3 is 2.30 bits per heavy atom. The van der Waals surface area contributed by atoms with E-state index in [2.05, 4.69) is 39.4 Å². The third-order valence-electron chi connectivity index (χ3n) is 5.21. The fourth-order valence-corrected chi connectivity index (χ4v) is 3.40. The molecule has 0 radical (unpaired) electrons. The molecule has 0 saturated carbocycles. The lowest BCUT2D eigenvalue weighted by molar-refractivity contribution is -0.126. The summed E-state index contributed by atoms with van der Waals surface area (Å²) in [6.45, 7) is 7.34. The van der Waals surface area contributed by atoms with Crippen LogP contribution >= 0.6 is 0 Å². The van der Waals surface area contributed by atoms with E-state index >= 15 is 0 Å². The molecule has 1 aliphatic rings. The van der Waals surface area contributed by atoms with Gasteiger partial charge in [0.05, 0.1) is 13.2 Å². The minimum Gasteiger partial charge on any atom is -0.497 e. The first-order chi connectivity index (χ1) is 13.2. The highest BCUT2D eigenvalue weighted by atomic mass is 16.5. The Morgan fingerprint density at radius 2 is 1.67 bits per heavy atom. The summed E-state index contributed by atoms with van der Waals surface area (Å²) in [5, 5.41) is 3.05. The van der Waals surface area contributed by atoms with Crippen molar-refractivity contribution in [3.8, 4) is 5.75 Å². The fourth-order valence-electron chi connectivity index (χ4n) is 3.40.